The van der Waals surface area contributed by atoms with E-state index in [1.807, 2.05) is 23.6 Å². The van der Waals surface area contributed by atoms with Crippen LogP contribution in [-0.2, 0) is 16.1 Å². The summed E-state index contributed by atoms with van der Waals surface area (Å²) in [6, 6.07) is 10.3. The monoisotopic (exact) mass is 426 g/mol. The maximum Gasteiger partial charge on any atom is 0.240 e. The molecule has 7 heteroatoms. The molecular formula is C23H30N4O2S. The van der Waals surface area contributed by atoms with Gasteiger partial charge in [-0.25, -0.2) is 4.98 Å². The molecule has 0 unspecified atom stereocenters. The Bertz CT molecular complexity index is 819. The lowest BCUT2D eigenvalue weighted by atomic mass is 9.81. The molecule has 0 spiro atoms. The lowest BCUT2D eigenvalue weighted by molar-refractivity contribution is -0.138. The third kappa shape index (κ3) is 5.46. The molecule has 0 bridgehead atoms. The predicted octanol–water partition coefficient (Wildman–Crippen LogP) is 3.62. The molecule has 2 aromatic rings. The highest BCUT2D eigenvalue weighted by atomic mass is 32.1. The fourth-order valence-corrected chi connectivity index (χ4v) is 5.24. The zero-order valence-corrected chi connectivity index (χ0v) is 18.2. The lowest BCUT2D eigenvalue weighted by Gasteiger charge is -2.36. The highest BCUT2D eigenvalue weighted by Gasteiger charge is 2.35. The Hall–Kier alpha value is -2.25. The molecule has 0 saturated carbocycles. The van der Waals surface area contributed by atoms with Crippen molar-refractivity contribution in [3.63, 3.8) is 0 Å². The standard InChI is InChI=1S/C23H30N4O2S/c28-21(25-23-24-11-15-30-23)17-26-13-9-19(10-14-26)20-8-4-5-12-27(22(20)29)16-18-6-2-1-3-7-18/h1-3,6-7,11,15,19-20H,4-5,8-10,12-14,16-17H2,(H,24,25,28)/t20-/m0/s1. The normalized spacial score (nSPS) is 21.4. The third-order valence-corrected chi connectivity index (χ3v) is 6.97. The van der Waals surface area contributed by atoms with Crippen molar-refractivity contribution in [1.82, 2.24) is 14.8 Å². The van der Waals surface area contributed by atoms with Gasteiger partial charge in [0.05, 0.1) is 6.54 Å². The Morgan fingerprint density at radius 1 is 1.10 bits per heavy atom. The quantitative estimate of drug-likeness (QED) is 0.766. The van der Waals surface area contributed by atoms with Gasteiger partial charge in [-0.05, 0) is 50.3 Å². The summed E-state index contributed by atoms with van der Waals surface area (Å²) in [4.78, 5) is 33.9. The number of rotatable bonds is 6. The van der Waals surface area contributed by atoms with E-state index in [9.17, 15) is 9.59 Å². The van der Waals surface area contributed by atoms with Gasteiger partial charge >= 0.3 is 0 Å². The highest BCUT2D eigenvalue weighted by Crippen LogP contribution is 2.32. The summed E-state index contributed by atoms with van der Waals surface area (Å²) in [5, 5.41) is 5.36. The fraction of sp³-hybridized carbons (Fsp3) is 0.522. The second kappa shape index (κ2) is 10.2. The van der Waals surface area contributed by atoms with Crippen LogP contribution in [-0.4, -0.2) is 52.8 Å². The Balaban J connectivity index is 1.29. The first-order valence-corrected chi connectivity index (χ1v) is 11.8. The Kier molecular flexibility index (Phi) is 7.12. The fourth-order valence-electron chi connectivity index (χ4n) is 4.69. The van der Waals surface area contributed by atoms with Crippen LogP contribution < -0.4 is 5.32 Å². The molecule has 160 valence electrons. The molecule has 4 rings (SSSR count). The topological polar surface area (TPSA) is 65.5 Å². The van der Waals surface area contributed by atoms with Crippen molar-refractivity contribution in [1.29, 1.82) is 0 Å². The Labute approximate surface area is 182 Å². The molecule has 3 heterocycles. The number of nitrogens with zero attached hydrogens (tertiary/aromatic N) is 3. The molecule has 1 aromatic heterocycles. The molecule has 6 nitrogen and oxygen atoms in total. The summed E-state index contributed by atoms with van der Waals surface area (Å²) in [7, 11) is 0. The van der Waals surface area contributed by atoms with Crippen molar-refractivity contribution in [2.24, 2.45) is 11.8 Å². The van der Waals surface area contributed by atoms with E-state index >= 15 is 0 Å². The van der Waals surface area contributed by atoms with E-state index in [4.69, 9.17) is 0 Å². The van der Waals surface area contributed by atoms with Crippen molar-refractivity contribution in [3.05, 3.63) is 47.5 Å². The van der Waals surface area contributed by atoms with Crippen LogP contribution in [0.1, 0.15) is 37.7 Å². The average molecular weight is 427 g/mol. The minimum Gasteiger partial charge on any atom is -0.338 e. The van der Waals surface area contributed by atoms with Crippen molar-refractivity contribution >= 4 is 28.3 Å². The van der Waals surface area contributed by atoms with Crippen LogP contribution in [0.15, 0.2) is 41.9 Å². The van der Waals surface area contributed by atoms with Crippen LogP contribution in [0.3, 0.4) is 0 Å². The average Bonchev–Trinajstić information content (AvgIpc) is 3.20. The van der Waals surface area contributed by atoms with Gasteiger partial charge in [0.25, 0.3) is 0 Å². The summed E-state index contributed by atoms with van der Waals surface area (Å²) < 4.78 is 0. The van der Waals surface area contributed by atoms with Crippen LogP contribution in [0.5, 0.6) is 0 Å². The van der Waals surface area contributed by atoms with E-state index in [0.29, 0.717) is 30.0 Å². The number of hydrogen-bond acceptors (Lipinski definition) is 5. The number of likely N-dealkylation sites (tertiary alicyclic amines) is 2. The SMILES string of the molecule is O=C(CN1CCC([C@@H]2CCCCN(Cc3ccccc3)C2=O)CC1)Nc1nccs1. The number of amides is 2. The first-order valence-electron chi connectivity index (χ1n) is 10.9. The predicted molar refractivity (Wildman–Crippen MR) is 119 cm³/mol. The van der Waals surface area contributed by atoms with Gasteiger partial charge in [0, 0.05) is 30.6 Å². The van der Waals surface area contributed by atoms with Gasteiger partial charge in [0.2, 0.25) is 11.8 Å². The first-order chi connectivity index (χ1) is 14.7. The van der Waals surface area contributed by atoms with Crippen molar-refractivity contribution in [2.75, 3.05) is 31.5 Å². The number of aromatic nitrogens is 1. The van der Waals surface area contributed by atoms with Gasteiger partial charge in [0.15, 0.2) is 5.13 Å². The third-order valence-electron chi connectivity index (χ3n) is 6.29. The van der Waals surface area contributed by atoms with E-state index in [1.165, 1.54) is 16.9 Å². The zero-order chi connectivity index (χ0) is 20.8. The molecule has 0 radical (unpaired) electrons. The largest absolute Gasteiger partial charge is 0.338 e. The van der Waals surface area contributed by atoms with Crippen molar-refractivity contribution in [2.45, 2.75) is 38.6 Å². The smallest absolute Gasteiger partial charge is 0.240 e. The molecular weight excluding hydrogens is 396 g/mol. The molecule has 1 atom stereocenters. The molecule has 2 aliphatic rings. The van der Waals surface area contributed by atoms with Crippen molar-refractivity contribution < 1.29 is 9.59 Å². The number of benzene rings is 1. The number of hydrogen-bond donors (Lipinski definition) is 1. The minimum atomic E-state index is -0.0111. The van der Waals surface area contributed by atoms with Crippen LogP contribution in [0, 0.1) is 11.8 Å². The molecule has 2 saturated heterocycles. The van der Waals surface area contributed by atoms with Crippen molar-refractivity contribution in [3.8, 4) is 0 Å². The maximum absolute atomic E-state index is 13.3. The zero-order valence-electron chi connectivity index (χ0n) is 17.3. The van der Waals surface area contributed by atoms with Crippen LogP contribution >= 0.6 is 11.3 Å². The van der Waals surface area contributed by atoms with E-state index in [2.05, 4.69) is 32.2 Å². The minimum absolute atomic E-state index is 0.0111. The van der Waals surface area contributed by atoms with Gasteiger partial charge in [-0.3, -0.25) is 14.5 Å². The van der Waals surface area contributed by atoms with Gasteiger partial charge in [-0.1, -0.05) is 36.8 Å². The Morgan fingerprint density at radius 3 is 2.63 bits per heavy atom. The van der Waals surface area contributed by atoms with E-state index in [0.717, 1.165) is 51.7 Å². The maximum atomic E-state index is 13.3. The van der Waals surface area contributed by atoms with E-state index in [-0.39, 0.29) is 11.8 Å². The number of piperidine rings is 1. The molecule has 2 aliphatic heterocycles. The van der Waals surface area contributed by atoms with Gasteiger partial charge in [-0.2, -0.15) is 0 Å². The number of thiazole rings is 1. The van der Waals surface area contributed by atoms with Gasteiger partial charge in [-0.15, -0.1) is 11.3 Å². The summed E-state index contributed by atoms with van der Waals surface area (Å²) in [5.41, 5.74) is 1.20. The summed E-state index contributed by atoms with van der Waals surface area (Å²) in [5.74, 6) is 0.869. The number of carbonyl (C=O) groups excluding carboxylic acids is 2. The van der Waals surface area contributed by atoms with Crippen LogP contribution in [0.2, 0.25) is 0 Å². The van der Waals surface area contributed by atoms with Crippen LogP contribution in [0.25, 0.3) is 0 Å². The number of carbonyl (C=O) groups is 2. The van der Waals surface area contributed by atoms with E-state index < -0.39 is 0 Å². The molecule has 2 amide bonds. The number of nitrogens with one attached hydrogen (secondary N) is 1. The summed E-state index contributed by atoms with van der Waals surface area (Å²) in [6.45, 7) is 3.72. The summed E-state index contributed by atoms with van der Waals surface area (Å²) in [6.07, 6.45) is 6.87. The molecule has 30 heavy (non-hydrogen) atoms. The highest BCUT2D eigenvalue weighted by molar-refractivity contribution is 7.13. The first kappa shape index (κ1) is 21.0. The molecule has 0 aliphatic carbocycles. The molecule has 2 fully saturated rings. The lowest BCUT2D eigenvalue weighted by Crippen LogP contribution is -2.44. The van der Waals surface area contributed by atoms with Gasteiger partial charge < -0.3 is 10.2 Å². The molecule has 1 aromatic carbocycles. The second-order valence-corrected chi connectivity index (χ2v) is 9.24. The Morgan fingerprint density at radius 2 is 1.90 bits per heavy atom. The van der Waals surface area contributed by atoms with Gasteiger partial charge in [0.1, 0.15) is 0 Å². The number of anilines is 1. The summed E-state index contributed by atoms with van der Waals surface area (Å²) >= 11 is 1.43. The van der Waals surface area contributed by atoms with Crippen LogP contribution in [0.4, 0.5) is 5.13 Å². The molecule has 1 N–H and O–H groups in total. The second-order valence-electron chi connectivity index (χ2n) is 8.35. The van der Waals surface area contributed by atoms with E-state index in [1.54, 1.807) is 6.20 Å².